The van der Waals surface area contributed by atoms with E-state index < -0.39 is 0 Å². The fourth-order valence-electron chi connectivity index (χ4n) is 4.96. The summed E-state index contributed by atoms with van der Waals surface area (Å²) in [5.41, 5.74) is 2.58. The number of hydrogen-bond acceptors (Lipinski definition) is 3. The van der Waals surface area contributed by atoms with Gasteiger partial charge in [-0.2, -0.15) is 11.8 Å². The van der Waals surface area contributed by atoms with E-state index in [-0.39, 0.29) is 5.91 Å². The van der Waals surface area contributed by atoms with Crippen LogP contribution in [-0.2, 0) is 17.9 Å². The topological polar surface area (TPSA) is 47.9 Å². The number of guanidine groups is 1. The maximum Gasteiger partial charge on any atom is 0.223 e. The standard InChI is InChI=1S/C23H34N4OS/c1-24-22(26-14-15-29-23(18-26)11-5-2-6-12-23)25-13-7-10-21(28)27-16-19-8-3-4-9-20(19)17-27/h3-4,8-9H,2,5-7,10-18H2,1H3,(H,24,25). The molecule has 29 heavy (non-hydrogen) atoms. The van der Waals surface area contributed by atoms with Crippen LogP contribution in [0.2, 0.25) is 0 Å². The van der Waals surface area contributed by atoms with Crippen LogP contribution in [0, 0.1) is 0 Å². The molecule has 1 aromatic carbocycles. The van der Waals surface area contributed by atoms with Gasteiger partial charge in [-0.15, -0.1) is 0 Å². The fraction of sp³-hybridized carbons (Fsp3) is 0.652. The zero-order valence-corrected chi connectivity index (χ0v) is 18.5. The highest BCUT2D eigenvalue weighted by atomic mass is 32.2. The van der Waals surface area contributed by atoms with E-state index in [1.54, 1.807) is 0 Å². The third kappa shape index (κ3) is 4.90. The Morgan fingerprint density at radius 3 is 2.55 bits per heavy atom. The first-order valence-electron chi connectivity index (χ1n) is 11.1. The van der Waals surface area contributed by atoms with Gasteiger partial charge in [0.05, 0.1) is 0 Å². The molecule has 2 aliphatic heterocycles. The minimum absolute atomic E-state index is 0.258. The van der Waals surface area contributed by atoms with Crippen molar-refractivity contribution in [2.75, 3.05) is 32.4 Å². The van der Waals surface area contributed by atoms with Gasteiger partial charge in [0, 0.05) is 56.7 Å². The quantitative estimate of drug-likeness (QED) is 0.464. The molecule has 5 nitrogen and oxygen atoms in total. The van der Waals surface area contributed by atoms with Crippen molar-refractivity contribution in [1.29, 1.82) is 0 Å². The Morgan fingerprint density at radius 2 is 1.86 bits per heavy atom. The van der Waals surface area contributed by atoms with Crippen molar-refractivity contribution in [3.05, 3.63) is 35.4 Å². The molecule has 0 atom stereocenters. The van der Waals surface area contributed by atoms with Gasteiger partial charge in [-0.1, -0.05) is 43.5 Å². The number of rotatable bonds is 4. The van der Waals surface area contributed by atoms with Gasteiger partial charge in [0.25, 0.3) is 0 Å². The van der Waals surface area contributed by atoms with Crippen molar-refractivity contribution >= 4 is 23.6 Å². The molecule has 1 aliphatic carbocycles. The lowest BCUT2D eigenvalue weighted by Gasteiger charge is -2.45. The number of benzene rings is 1. The van der Waals surface area contributed by atoms with E-state index in [1.165, 1.54) is 49.0 Å². The highest BCUT2D eigenvalue weighted by Crippen LogP contribution is 2.42. The molecule has 1 aromatic rings. The largest absolute Gasteiger partial charge is 0.356 e. The summed E-state index contributed by atoms with van der Waals surface area (Å²) in [5, 5.41) is 3.52. The van der Waals surface area contributed by atoms with E-state index in [2.05, 4.69) is 51.2 Å². The molecule has 1 saturated heterocycles. The minimum atomic E-state index is 0.258. The van der Waals surface area contributed by atoms with Crippen molar-refractivity contribution in [3.8, 4) is 0 Å². The van der Waals surface area contributed by atoms with E-state index in [4.69, 9.17) is 0 Å². The second-order valence-electron chi connectivity index (χ2n) is 8.61. The van der Waals surface area contributed by atoms with Crippen LogP contribution in [0.4, 0.5) is 0 Å². The zero-order valence-electron chi connectivity index (χ0n) is 17.7. The number of nitrogens with zero attached hydrogens (tertiary/aromatic N) is 3. The molecule has 3 aliphatic rings. The summed E-state index contributed by atoms with van der Waals surface area (Å²) in [7, 11) is 1.88. The third-order valence-electron chi connectivity index (χ3n) is 6.57. The average molecular weight is 415 g/mol. The number of carbonyl (C=O) groups excluding carboxylic acids is 1. The molecule has 1 saturated carbocycles. The maximum absolute atomic E-state index is 12.6. The van der Waals surface area contributed by atoms with Gasteiger partial charge in [-0.25, -0.2) is 0 Å². The van der Waals surface area contributed by atoms with Crippen molar-refractivity contribution in [2.45, 2.75) is 62.8 Å². The van der Waals surface area contributed by atoms with Crippen molar-refractivity contribution < 1.29 is 4.79 Å². The summed E-state index contributed by atoms with van der Waals surface area (Å²) < 4.78 is 0.439. The Kier molecular flexibility index (Phi) is 6.68. The van der Waals surface area contributed by atoms with Crippen LogP contribution in [0.25, 0.3) is 0 Å². The van der Waals surface area contributed by atoms with Crippen LogP contribution in [0.5, 0.6) is 0 Å². The van der Waals surface area contributed by atoms with Gasteiger partial charge in [0.1, 0.15) is 0 Å². The maximum atomic E-state index is 12.6. The molecule has 0 bridgehead atoms. The Balaban J connectivity index is 1.21. The molecule has 2 heterocycles. The van der Waals surface area contributed by atoms with E-state index in [0.717, 1.165) is 45.1 Å². The number of hydrogen-bond donors (Lipinski definition) is 1. The van der Waals surface area contributed by atoms with Crippen molar-refractivity contribution in [3.63, 3.8) is 0 Å². The predicted octanol–water partition coefficient (Wildman–Crippen LogP) is 3.64. The number of aliphatic imine (C=N–C) groups is 1. The first kappa shape index (κ1) is 20.6. The normalized spacial score (nSPS) is 21.3. The Hall–Kier alpha value is -1.69. The SMILES string of the molecule is CN=C(NCCCC(=O)N1Cc2ccccc2C1)N1CCSC2(CCCCC2)C1. The molecular weight excluding hydrogens is 380 g/mol. The van der Waals surface area contributed by atoms with E-state index in [0.29, 0.717) is 11.2 Å². The van der Waals surface area contributed by atoms with Crippen LogP contribution in [-0.4, -0.2) is 58.8 Å². The average Bonchev–Trinajstić information content (AvgIpc) is 3.19. The van der Waals surface area contributed by atoms with Gasteiger partial charge in [-0.3, -0.25) is 9.79 Å². The summed E-state index contributed by atoms with van der Waals surface area (Å²) in [6.45, 7) is 4.50. The number of carbonyl (C=O) groups is 1. The Labute approximate surface area is 179 Å². The summed E-state index contributed by atoms with van der Waals surface area (Å²) in [6.07, 6.45) is 8.27. The van der Waals surface area contributed by atoms with Crippen molar-refractivity contribution in [1.82, 2.24) is 15.1 Å². The second-order valence-corrected chi connectivity index (χ2v) is 10.2. The first-order chi connectivity index (χ1) is 14.2. The molecule has 0 aromatic heterocycles. The van der Waals surface area contributed by atoms with E-state index in [1.807, 2.05) is 11.9 Å². The van der Waals surface area contributed by atoms with Gasteiger partial charge in [0.15, 0.2) is 5.96 Å². The number of amides is 1. The van der Waals surface area contributed by atoms with Crippen LogP contribution in [0.3, 0.4) is 0 Å². The van der Waals surface area contributed by atoms with E-state index in [9.17, 15) is 4.79 Å². The Bertz CT molecular complexity index is 714. The van der Waals surface area contributed by atoms with Crippen LogP contribution >= 0.6 is 11.8 Å². The van der Waals surface area contributed by atoms with Gasteiger partial charge in [-0.05, 0) is 30.4 Å². The van der Waals surface area contributed by atoms with Crippen LogP contribution < -0.4 is 5.32 Å². The summed E-state index contributed by atoms with van der Waals surface area (Å²) in [6, 6.07) is 8.37. The summed E-state index contributed by atoms with van der Waals surface area (Å²) >= 11 is 2.18. The summed E-state index contributed by atoms with van der Waals surface area (Å²) in [4.78, 5) is 21.6. The molecule has 1 spiro atoms. The van der Waals surface area contributed by atoms with Gasteiger partial charge < -0.3 is 15.1 Å². The Morgan fingerprint density at radius 1 is 1.14 bits per heavy atom. The molecule has 1 amide bonds. The first-order valence-corrected chi connectivity index (χ1v) is 12.1. The molecule has 6 heteroatoms. The molecular formula is C23H34N4OS. The third-order valence-corrected chi connectivity index (χ3v) is 8.11. The van der Waals surface area contributed by atoms with Crippen LogP contribution in [0.1, 0.15) is 56.1 Å². The molecule has 0 radical (unpaired) electrons. The van der Waals surface area contributed by atoms with Gasteiger partial charge in [0.2, 0.25) is 5.91 Å². The van der Waals surface area contributed by atoms with Gasteiger partial charge >= 0.3 is 0 Å². The fourth-order valence-corrected chi connectivity index (χ4v) is 6.53. The van der Waals surface area contributed by atoms with E-state index >= 15 is 0 Å². The van der Waals surface area contributed by atoms with Crippen LogP contribution in [0.15, 0.2) is 29.3 Å². The predicted molar refractivity (Wildman–Crippen MR) is 121 cm³/mol. The molecule has 4 rings (SSSR count). The monoisotopic (exact) mass is 414 g/mol. The highest BCUT2D eigenvalue weighted by molar-refractivity contribution is 8.00. The molecule has 0 unspecified atom stereocenters. The number of nitrogens with one attached hydrogen (secondary N) is 1. The van der Waals surface area contributed by atoms with Crippen molar-refractivity contribution in [2.24, 2.45) is 4.99 Å². The smallest absolute Gasteiger partial charge is 0.223 e. The number of fused-ring (bicyclic) bond motifs is 1. The molecule has 1 N–H and O–H groups in total. The highest BCUT2D eigenvalue weighted by Gasteiger charge is 2.38. The lowest BCUT2D eigenvalue weighted by Crippen LogP contribution is -2.53. The second kappa shape index (κ2) is 9.41. The number of thioether (sulfide) groups is 1. The molecule has 2 fully saturated rings. The lowest BCUT2D eigenvalue weighted by molar-refractivity contribution is -0.131. The summed E-state index contributed by atoms with van der Waals surface area (Å²) in [5.74, 6) is 2.46. The minimum Gasteiger partial charge on any atom is -0.356 e. The lowest BCUT2D eigenvalue weighted by atomic mass is 9.87. The zero-order chi connectivity index (χ0) is 20.1. The molecule has 158 valence electrons.